The number of urea groups is 1. The van der Waals surface area contributed by atoms with Crippen molar-refractivity contribution < 1.29 is 14.7 Å². The zero-order valence-corrected chi connectivity index (χ0v) is 15.5. The van der Waals surface area contributed by atoms with Crippen LogP contribution in [-0.2, 0) is 17.8 Å². The van der Waals surface area contributed by atoms with Crippen LogP contribution in [0.5, 0.6) is 0 Å². The summed E-state index contributed by atoms with van der Waals surface area (Å²) in [6, 6.07) is 8.45. The van der Waals surface area contributed by atoms with E-state index in [0.29, 0.717) is 26.1 Å². The fourth-order valence-corrected chi connectivity index (χ4v) is 4.05. The molecule has 0 aliphatic carbocycles. The van der Waals surface area contributed by atoms with E-state index in [0.717, 1.165) is 32.5 Å². The maximum atomic E-state index is 12.3. The number of carbonyl (C=O) groups is 2. The molecule has 2 aliphatic heterocycles. The first kappa shape index (κ1) is 18.7. The number of nitrogens with one attached hydrogen (secondary N) is 1. The molecule has 2 heterocycles. The number of hydrogen-bond donors (Lipinski definition) is 2. The van der Waals surface area contributed by atoms with Gasteiger partial charge in [-0.3, -0.25) is 9.69 Å². The number of amides is 2. The molecule has 1 fully saturated rings. The zero-order valence-electron chi connectivity index (χ0n) is 15.5. The molecule has 1 aromatic carbocycles. The number of fused-ring (bicyclic) bond motifs is 1. The number of benzene rings is 1. The van der Waals surface area contributed by atoms with E-state index in [1.165, 1.54) is 11.1 Å². The molecule has 3 rings (SSSR count). The van der Waals surface area contributed by atoms with Crippen LogP contribution in [0.3, 0.4) is 0 Å². The van der Waals surface area contributed by atoms with Gasteiger partial charge in [-0.2, -0.15) is 0 Å². The van der Waals surface area contributed by atoms with Gasteiger partial charge < -0.3 is 15.3 Å². The summed E-state index contributed by atoms with van der Waals surface area (Å²) in [5.74, 6) is -1.03. The molecule has 6 nitrogen and oxygen atoms in total. The lowest BCUT2D eigenvalue weighted by atomic mass is 9.91. The quantitative estimate of drug-likeness (QED) is 0.791. The summed E-state index contributed by atoms with van der Waals surface area (Å²) in [7, 11) is 0. The zero-order chi connectivity index (χ0) is 18.5. The Morgan fingerprint density at radius 1 is 1.23 bits per heavy atom. The van der Waals surface area contributed by atoms with Crippen LogP contribution in [0.15, 0.2) is 24.3 Å². The van der Waals surface area contributed by atoms with Crippen molar-refractivity contribution in [2.24, 2.45) is 11.8 Å². The summed E-state index contributed by atoms with van der Waals surface area (Å²) in [5.41, 5.74) is 2.86. The van der Waals surface area contributed by atoms with Gasteiger partial charge in [0.2, 0.25) is 0 Å². The number of piperidine rings is 1. The normalized spacial score (nSPS) is 23.3. The predicted octanol–water partition coefficient (Wildman–Crippen LogP) is 2.19. The van der Waals surface area contributed by atoms with Crippen molar-refractivity contribution in [3.8, 4) is 0 Å². The molecule has 26 heavy (non-hydrogen) atoms. The Labute approximate surface area is 155 Å². The van der Waals surface area contributed by atoms with Crippen LogP contribution >= 0.6 is 0 Å². The molecule has 1 saturated heterocycles. The van der Waals surface area contributed by atoms with Crippen LogP contribution in [-0.4, -0.2) is 59.6 Å². The summed E-state index contributed by atoms with van der Waals surface area (Å²) in [6.45, 7) is 6.59. The van der Waals surface area contributed by atoms with Crippen LogP contribution in [0.25, 0.3) is 0 Å². The van der Waals surface area contributed by atoms with Gasteiger partial charge in [0.05, 0.1) is 5.92 Å². The minimum absolute atomic E-state index is 0.133. The second-order valence-corrected chi connectivity index (χ2v) is 7.66. The van der Waals surface area contributed by atoms with E-state index in [-0.39, 0.29) is 11.9 Å². The summed E-state index contributed by atoms with van der Waals surface area (Å²) >= 11 is 0. The molecule has 0 bridgehead atoms. The molecule has 0 aromatic heterocycles. The number of carboxylic acids is 1. The van der Waals surface area contributed by atoms with Gasteiger partial charge in [0.25, 0.3) is 0 Å². The van der Waals surface area contributed by atoms with E-state index >= 15 is 0 Å². The number of likely N-dealkylation sites (tertiary alicyclic amines) is 1. The Bertz CT molecular complexity index is 649. The molecule has 1 aromatic rings. The van der Waals surface area contributed by atoms with Crippen LogP contribution in [0.2, 0.25) is 0 Å². The van der Waals surface area contributed by atoms with E-state index in [2.05, 4.69) is 34.5 Å². The molecule has 2 aliphatic rings. The van der Waals surface area contributed by atoms with Gasteiger partial charge >= 0.3 is 12.0 Å². The second kappa shape index (κ2) is 8.54. The third kappa shape index (κ3) is 4.75. The largest absolute Gasteiger partial charge is 0.481 e. The molecule has 0 spiro atoms. The molecule has 0 saturated carbocycles. The van der Waals surface area contributed by atoms with E-state index in [1.807, 2.05) is 6.92 Å². The molecule has 2 N–H and O–H groups in total. The van der Waals surface area contributed by atoms with Crippen molar-refractivity contribution in [1.82, 2.24) is 15.1 Å². The molecule has 142 valence electrons. The number of rotatable bonds is 5. The first-order valence-corrected chi connectivity index (χ1v) is 9.57. The minimum atomic E-state index is -0.806. The van der Waals surface area contributed by atoms with Crippen molar-refractivity contribution in [3.05, 3.63) is 35.4 Å². The Balaban J connectivity index is 1.38. The summed E-state index contributed by atoms with van der Waals surface area (Å²) in [6.07, 6.45) is 2.64. The fraction of sp³-hybridized carbons (Fsp3) is 0.600. The van der Waals surface area contributed by atoms with Crippen molar-refractivity contribution in [2.45, 2.75) is 32.7 Å². The minimum Gasteiger partial charge on any atom is -0.481 e. The van der Waals surface area contributed by atoms with Gasteiger partial charge in [-0.05, 0) is 36.3 Å². The Kier molecular flexibility index (Phi) is 6.14. The highest BCUT2D eigenvalue weighted by atomic mass is 16.4. The fourth-order valence-electron chi connectivity index (χ4n) is 4.05. The number of aliphatic carboxylic acids is 1. The number of carboxylic acid groups (broad SMARTS) is 1. The first-order chi connectivity index (χ1) is 12.5. The number of hydrogen-bond acceptors (Lipinski definition) is 3. The average Bonchev–Trinajstić information content (AvgIpc) is 2.64. The van der Waals surface area contributed by atoms with Gasteiger partial charge in [0.1, 0.15) is 0 Å². The van der Waals surface area contributed by atoms with Gasteiger partial charge in [-0.1, -0.05) is 31.2 Å². The van der Waals surface area contributed by atoms with Crippen molar-refractivity contribution in [2.75, 3.05) is 32.7 Å². The van der Waals surface area contributed by atoms with Gasteiger partial charge in [0, 0.05) is 39.3 Å². The second-order valence-electron chi connectivity index (χ2n) is 7.66. The third-order valence-electron chi connectivity index (χ3n) is 5.43. The molecular weight excluding hydrogens is 330 g/mol. The van der Waals surface area contributed by atoms with Crippen LogP contribution in [0.4, 0.5) is 4.79 Å². The standard InChI is InChI=1S/C20H29N3O3/c1-15-11-18(19(24)25)14-23(12-15)20(26)21-8-4-9-22-10-7-16-5-2-3-6-17(16)13-22/h2-3,5-6,15,18H,4,7-14H2,1H3,(H,21,26)(H,24,25). The number of carbonyl (C=O) groups excluding carboxylic acids is 1. The van der Waals surface area contributed by atoms with Gasteiger partial charge in [0.15, 0.2) is 0 Å². The van der Waals surface area contributed by atoms with Gasteiger partial charge in [-0.25, -0.2) is 4.79 Å². The van der Waals surface area contributed by atoms with E-state index in [4.69, 9.17) is 0 Å². The summed E-state index contributed by atoms with van der Waals surface area (Å²) in [4.78, 5) is 27.6. The van der Waals surface area contributed by atoms with E-state index in [1.54, 1.807) is 4.90 Å². The summed E-state index contributed by atoms with van der Waals surface area (Å²) < 4.78 is 0. The summed E-state index contributed by atoms with van der Waals surface area (Å²) in [5, 5.41) is 12.2. The highest BCUT2D eigenvalue weighted by Gasteiger charge is 2.31. The average molecular weight is 359 g/mol. The molecular formula is C20H29N3O3. The lowest BCUT2D eigenvalue weighted by Gasteiger charge is -2.34. The monoisotopic (exact) mass is 359 g/mol. The third-order valence-corrected chi connectivity index (χ3v) is 5.43. The molecule has 6 heteroatoms. The molecule has 2 amide bonds. The van der Waals surface area contributed by atoms with Crippen LogP contribution in [0.1, 0.15) is 30.9 Å². The Morgan fingerprint density at radius 2 is 2.00 bits per heavy atom. The Morgan fingerprint density at radius 3 is 2.77 bits per heavy atom. The highest BCUT2D eigenvalue weighted by molar-refractivity contribution is 5.76. The molecule has 2 atom stereocenters. The van der Waals surface area contributed by atoms with E-state index < -0.39 is 11.9 Å². The smallest absolute Gasteiger partial charge is 0.317 e. The van der Waals surface area contributed by atoms with Crippen molar-refractivity contribution in [1.29, 1.82) is 0 Å². The van der Waals surface area contributed by atoms with Crippen LogP contribution < -0.4 is 5.32 Å². The van der Waals surface area contributed by atoms with Crippen molar-refractivity contribution in [3.63, 3.8) is 0 Å². The van der Waals surface area contributed by atoms with Gasteiger partial charge in [-0.15, -0.1) is 0 Å². The maximum Gasteiger partial charge on any atom is 0.317 e. The SMILES string of the molecule is CC1CC(C(=O)O)CN(C(=O)NCCCN2CCc3ccccc3C2)C1. The van der Waals surface area contributed by atoms with Crippen molar-refractivity contribution >= 4 is 12.0 Å². The first-order valence-electron chi connectivity index (χ1n) is 9.57. The Hall–Kier alpha value is -2.08. The van der Waals surface area contributed by atoms with E-state index in [9.17, 15) is 14.7 Å². The lowest BCUT2D eigenvalue weighted by Crippen LogP contribution is -2.49. The topological polar surface area (TPSA) is 72.9 Å². The van der Waals surface area contributed by atoms with Crippen LogP contribution in [0, 0.1) is 11.8 Å². The molecule has 2 unspecified atom stereocenters. The molecule has 0 radical (unpaired) electrons. The predicted molar refractivity (Wildman–Crippen MR) is 99.9 cm³/mol. The number of nitrogens with zero attached hydrogens (tertiary/aromatic N) is 2. The maximum absolute atomic E-state index is 12.3. The highest BCUT2D eigenvalue weighted by Crippen LogP contribution is 2.22. The lowest BCUT2D eigenvalue weighted by molar-refractivity contribution is -0.143.